The molecule has 2 fully saturated rings. The van der Waals surface area contributed by atoms with E-state index in [4.69, 9.17) is 21.1 Å². The maximum absolute atomic E-state index is 12.3. The van der Waals surface area contributed by atoms with Gasteiger partial charge < -0.3 is 14.8 Å². The Kier molecular flexibility index (Phi) is 4.69. The molecule has 0 radical (unpaired) electrons. The summed E-state index contributed by atoms with van der Waals surface area (Å²) in [5, 5.41) is 3.57. The Morgan fingerprint density at radius 2 is 2.13 bits per heavy atom. The summed E-state index contributed by atoms with van der Waals surface area (Å²) in [7, 11) is 3.19. The average Bonchev–Trinajstić information content (AvgIpc) is 2.93. The summed E-state index contributed by atoms with van der Waals surface area (Å²) >= 11 is 6.28. The summed E-state index contributed by atoms with van der Waals surface area (Å²) in [5.74, 6) is 1.42. The number of hydrogen-bond acceptors (Lipinski definition) is 4. The van der Waals surface area contributed by atoms with Crippen LogP contribution in [0.4, 0.5) is 0 Å². The normalized spacial score (nSPS) is 24.7. The maximum Gasteiger partial charge on any atom is 0.227 e. The van der Waals surface area contributed by atoms with Crippen molar-refractivity contribution in [1.82, 2.24) is 10.2 Å². The Morgan fingerprint density at radius 1 is 1.30 bits per heavy atom. The SMILES string of the molecule is COc1cc(CN2CC[C@]3(CCCNC3=O)C2)cc(Cl)c1OC. The van der Waals surface area contributed by atoms with E-state index in [1.165, 1.54) is 0 Å². The van der Waals surface area contributed by atoms with Crippen LogP contribution in [0.3, 0.4) is 0 Å². The number of amides is 1. The van der Waals surface area contributed by atoms with Gasteiger partial charge in [0.2, 0.25) is 5.91 Å². The second kappa shape index (κ2) is 6.57. The third-order valence-electron chi connectivity index (χ3n) is 4.93. The Labute approximate surface area is 141 Å². The van der Waals surface area contributed by atoms with Crippen LogP contribution < -0.4 is 14.8 Å². The van der Waals surface area contributed by atoms with Gasteiger partial charge >= 0.3 is 0 Å². The van der Waals surface area contributed by atoms with E-state index in [0.29, 0.717) is 16.5 Å². The quantitative estimate of drug-likeness (QED) is 0.916. The third-order valence-corrected chi connectivity index (χ3v) is 5.21. The van der Waals surface area contributed by atoms with Crippen LogP contribution in [-0.2, 0) is 11.3 Å². The van der Waals surface area contributed by atoms with Crippen molar-refractivity contribution in [1.29, 1.82) is 0 Å². The number of halogens is 1. The number of benzene rings is 1. The third kappa shape index (κ3) is 3.12. The molecule has 23 heavy (non-hydrogen) atoms. The molecule has 0 bridgehead atoms. The number of piperidine rings is 1. The predicted molar refractivity (Wildman–Crippen MR) is 89.1 cm³/mol. The highest BCUT2D eigenvalue weighted by molar-refractivity contribution is 6.32. The van der Waals surface area contributed by atoms with Crippen molar-refractivity contribution >= 4 is 17.5 Å². The molecule has 1 spiro atoms. The minimum absolute atomic E-state index is 0.196. The van der Waals surface area contributed by atoms with Crippen LogP contribution in [0.15, 0.2) is 12.1 Å². The Bertz CT molecular complexity index is 608. The lowest BCUT2D eigenvalue weighted by Crippen LogP contribution is -2.47. The molecule has 2 saturated heterocycles. The first-order valence-corrected chi connectivity index (χ1v) is 8.37. The van der Waals surface area contributed by atoms with Crippen molar-refractivity contribution in [2.24, 2.45) is 5.41 Å². The van der Waals surface area contributed by atoms with Gasteiger partial charge in [-0.2, -0.15) is 0 Å². The van der Waals surface area contributed by atoms with E-state index in [1.54, 1.807) is 14.2 Å². The molecule has 5 nitrogen and oxygen atoms in total. The average molecular weight is 339 g/mol. The van der Waals surface area contributed by atoms with Gasteiger partial charge in [0, 0.05) is 19.6 Å². The van der Waals surface area contributed by atoms with Crippen molar-refractivity contribution in [2.75, 3.05) is 33.9 Å². The summed E-state index contributed by atoms with van der Waals surface area (Å²) in [4.78, 5) is 14.6. The molecule has 126 valence electrons. The topological polar surface area (TPSA) is 50.8 Å². The molecule has 1 aromatic carbocycles. The van der Waals surface area contributed by atoms with Gasteiger partial charge in [0.15, 0.2) is 11.5 Å². The van der Waals surface area contributed by atoms with Gasteiger partial charge in [0.25, 0.3) is 0 Å². The van der Waals surface area contributed by atoms with Crippen LogP contribution >= 0.6 is 11.6 Å². The molecular formula is C17H23ClN2O3. The summed E-state index contributed by atoms with van der Waals surface area (Å²) in [6.45, 7) is 3.31. The Hall–Kier alpha value is -1.46. The van der Waals surface area contributed by atoms with Crippen LogP contribution in [0.25, 0.3) is 0 Å². The Balaban J connectivity index is 1.73. The standard InChI is InChI=1S/C17H23ClN2O3/c1-22-14-9-12(8-13(18)15(14)23-2)10-20-7-5-17(11-20)4-3-6-19-16(17)21/h8-9H,3-7,10-11H2,1-2H3,(H,19,21)/t17-/m1/s1. The number of nitrogens with zero attached hydrogens (tertiary/aromatic N) is 1. The predicted octanol–water partition coefficient (Wildman–Crippen LogP) is 2.46. The van der Waals surface area contributed by atoms with Crippen LogP contribution in [-0.4, -0.2) is 44.7 Å². The molecule has 0 unspecified atom stereocenters. The number of rotatable bonds is 4. The number of likely N-dealkylation sites (tertiary alicyclic amines) is 1. The first-order valence-electron chi connectivity index (χ1n) is 7.99. The van der Waals surface area contributed by atoms with Crippen molar-refractivity contribution in [3.05, 3.63) is 22.7 Å². The van der Waals surface area contributed by atoms with E-state index < -0.39 is 0 Å². The zero-order chi connectivity index (χ0) is 16.4. The Morgan fingerprint density at radius 3 is 2.83 bits per heavy atom. The van der Waals surface area contributed by atoms with E-state index in [0.717, 1.165) is 51.0 Å². The van der Waals surface area contributed by atoms with Gasteiger partial charge in [-0.25, -0.2) is 0 Å². The van der Waals surface area contributed by atoms with E-state index in [1.807, 2.05) is 12.1 Å². The highest BCUT2D eigenvalue weighted by Gasteiger charge is 2.45. The molecule has 0 saturated carbocycles. The highest BCUT2D eigenvalue weighted by Crippen LogP contribution is 2.40. The fourth-order valence-electron chi connectivity index (χ4n) is 3.73. The molecule has 0 aliphatic carbocycles. The monoisotopic (exact) mass is 338 g/mol. The molecule has 2 aliphatic heterocycles. The van der Waals surface area contributed by atoms with E-state index in [2.05, 4.69) is 10.2 Å². The lowest BCUT2D eigenvalue weighted by Gasteiger charge is -2.32. The second-order valence-corrected chi connectivity index (χ2v) is 6.82. The summed E-state index contributed by atoms with van der Waals surface area (Å²) in [6, 6.07) is 3.87. The molecule has 1 amide bonds. The van der Waals surface area contributed by atoms with E-state index in [-0.39, 0.29) is 11.3 Å². The minimum atomic E-state index is -0.196. The lowest BCUT2D eigenvalue weighted by atomic mass is 9.79. The molecule has 1 atom stereocenters. The number of hydrogen-bond donors (Lipinski definition) is 1. The van der Waals surface area contributed by atoms with Crippen molar-refractivity contribution in [3.8, 4) is 11.5 Å². The van der Waals surface area contributed by atoms with Crippen molar-refractivity contribution < 1.29 is 14.3 Å². The number of nitrogens with one attached hydrogen (secondary N) is 1. The molecule has 1 N–H and O–H groups in total. The second-order valence-electron chi connectivity index (χ2n) is 6.41. The van der Waals surface area contributed by atoms with Gasteiger partial charge in [0.05, 0.1) is 24.7 Å². The van der Waals surface area contributed by atoms with Gasteiger partial charge in [-0.3, -0.25) is 9.69 Å². The van der Waals surface area contributed by atoms with Gasteiger partial charge in [-0.15, -0.1) is 0 Å². The number of carbonyl (C=O) groups is 1. The fraction of sp³-hybridized carbons (Fsp3) is 0.588. The first-order chi connectivity index (χ1) is 11.1. The molecule has 6 heteroatoms. The van der Waals surface area contributed by atoms with Crippen LogP contribution in [0.5, 0.6) is 11.5 Å². The van der Waals surface area contributed by atoms with Gasteiger partial charge in [0.1, 0.15) is 0 Å². The van der Waals surface area contributed by atoms with Crippen molar-refractivity contribution in [3.63, 3.8) is 0 Å². The summed E-state index contributed by atoms with van der Waals surface area (Å²) in [6.07, 6.45) is 2.99. The van der Waals surface area contributed by atoms with E-state index in [9.17, 15) is 4.79 Å². The number of methoxy groups -OCH3 is 2. The van der Waals surface area contributed by atoms with Gasteiger partial charge in [-0.1, -0.05) is 11.6 Å². The van der Waals surface area contributed by atoms with E-state index >= 15 is 0 Å². The van der Waals surface area contributed by atoms with Gasteiger partial charge in [-0.05, 0) is 43.5 Å². The summed E-state index contributed by atoms with van der Waals surface area (Å²) in [5.41, 5.74) is 0.874. The highest BCUT2D eigenvalue weighted by atomic mass is 35.5. The number of ether oxygens (including phenoxy) is 2. The molecule has 1 aromatic rings. The number of carbonyl (C=O) groups excluding carboxylic acids is 1. The summed E-state index contributed by atoms with van der Waals surface area (Å²) < 4.78 is 10.6. The maximum atomic E-state index is 12.3. The first kappa shape index (κ1) is 16.4. The van der Waals surface area contributed by atoms with Crippen LogP contribution in [0.2, 0.25) is 5.02 Å². The minimum Gasteiger partial charge on any atom is -0.493 e. The zero-order valence-corrected chi connectivity index (χ0v) is 14.4. The zero-order valence-electron chi connectivity index (χ0n) is 13.7. The molecular weight excluding hydrogens is 316 g/mol. The largest absolute Gasteiger partial charge is 0.493 e. The molecule has 2 heterocycles. The van der Waals surface area contributed by atoms with Crippen LogP contribution in [0, 0.1) is 5.41 Å². The smallest absolute Gasteiger partial charge is 0.227 e. The molecule has 3 rings (SSSR count). The van der Waals surface area contributed by atoms with Crippen molar-refractivity contribution in [2.45, 2.75) is 25.8 Å². The lowest BCUT2D eigenvalue weighted by molar-refractivity contribution is -0.132. The van der Waals surface area contributed by atoms with Crippen LogP contribution in [0.1, 0.15) is 24.8 Å². The molecule has 0 aromatic heterocycles. The molecule has 2 aliphatic rings. The fourth-order valence-corrected chi connectivity index (χ4v) is 4.04.